The molecule has 2 aromatic carbocycles. The third-order valence-corrected chi connectivity index (χ3v) is 3.76. The second-order valence-electron chi connectivity index (χ2n) is 5.47. The average Bonchev–Trinajstić information content (AvgIpc) is 3.16. The van der Waals surface area contributed by atoms with Crippen LogP contribution in [-0.2, 0) is 4.74 Å². The van der Waals surface area contributed by atoms with E-state index in [-0.39, 0.29) is 17.0 Å². The molecule has 0 bridgehead atoms. The van der Waals surface area contributed by atoms with Gasteiger partial charge in [-0.1, -0.05) is 0 Å². The predicted molar refractivity (Wildman–Crippen MR) is 91.1 cm³/mol. The number of ether oxygens (including phenoxy) is 2. The van der Waals surface area contributed by atoms with Crippen molar-refractivity contribution in [1.82, 2.24) is 9.55 Å². The Balaban J connectivity index is 1.70. The summed E-state index contributed by atoms with van der Waals surface area (Å²) in [5, 5.41) is 0. The number of hydrogen-bond donors (Lipinski definition) is 0. The third-order valence-electron chi connectivity index (χ3n) is 3.76. The van der Waals surface area contributed by atoms with Gasteiger partial charge in [-0.05, 0) is 42.5 Å². The molecule has 1 heterocycles. The van der Waals surface area contributed by atoms with E-state index in [0.29, 0.717) is 5.69 Å². The first-order valence-electron chi connectivity index (χ1n) is 7.81. The van der Waals surface area contributed by atoms with Crippen molar-refractivity contribution in [2.75, 3.05) is 13.7 Å². The maximum atomic E-state index is 13.7. The molecule has 0 spiro atoms. The molecule has 3 rings (SSSR count). The molecule has 0 saturated carbocycles. The lowest BCUT2D eigenvalue weighted by Gasteiger charge is -2.09. The minimum Gasteiger partial charge on any atom is -0.494 e. The number of methoxy groups -OCH3 is 1. The van der Waals surface area contributed by atoms with Crippen molar-refractivity contribution in [2.45, 2.75) is 0 Å². The first-order chi connectivity index (χ1) is 13.0. The summed E-state index contributed by atoms with van der Waals surface area (Å²) in [5.74, 6) is -2.46. The Bertz CT molecular complexity index is 984. The highest BCUT2D eigenvalue weighted by atomic mass is 19.1. The van der Waals surface area contributed by atoms with Gasteiger partial charge in [-0.2, -0.15) is 0 Å². The number of ketones is 1. The molecular formula is C19H14F2N2O4. The second-order valence-corrected chi connectivity index (χ2v) is 5.47. The number of esters is 1. The zero-order valence-corrected chi connectivity index (χ0v) is 14.2. The molecule has 0 saturated heterocycles. The first-order valence-corrected chi connectivity index (χ1v) is 7.81. The van der Waals surface area contributed by atoms with E-state index < -0.39 is 30.0 Å². The molecule has 0 N–H and O–H groups in total. The minimum atomic E-state index is -0.792. The van der Waals surface area contributed by atoms with E-state index in [1.54, 1.807) is 0 Å². The zero-order valence-electron chi connectivity index (χ0n) is 14.2. The van der Waals surface area contributed by atoms with E-state index in [9.17, 15) is 18.4 Å². The molecule has 0 aliphatic rings. The molecule has 138 valence electrons. The fraction of sp³-hybridized carbons (Fsp3) is 0.105. The topological polar surface area (TPSA) is 70.4 Å². The number of halogens is 2. The summed E-state index contributed by atoms with van der Waals surface area (Å²) in [4.78, 5) is 28.3. The number of hydrogen-bond acceptors (Lipinski definition) is 5. The molecule has 0 amide bonds. The van der Waals surface area contributed by atoms with Gasteiger partial charge in [0.2, 0.25) is 0 Å². The van der Waals surface area contributed by atoms with Crippen molar-refractivity contribution in [3.8, 4) is 11.4 Å². The average molecular weight is 372 g/mol. The summed E-state index contributed by atoms with van der Waals surface area (Å²) in [5.41, 5.74) is 0.618. The lowest BCUT2D eigenvalue weighted by Crippen LogP contribution is -2.16. The molecular weight excluding hydrogens is 358 g/mol. The van der Waals surface area contributed by atoms with Crippen LogP contribution in [0.1, 0.15) is 20.8 Å². The number of imidazole rings is 1. The molecule has 1 aromatic heterocycles. The summed E-state index contributed by atoms with van der Waals surface area (Å²) in [6.45, 7) is -0.570. The van der Waals surface area contributed by atoms with Gasteiger partial charge in [-0.15, -0.1) is 0 Å². The van der Waals surface area contributed by atoms with Gasteiger partial charge in [0.05, 0.1) is 19.6 Å². The predicted octanol–water partition coefficient (Wildman–Crippen LogP) is 3.20. The summed E-state index contributed by atoms with van der Waals surface area (Å²) >= 11 is 0. The van der Waals surface area contributed by atoms with Crippen molar-refractivity contribution in [3.05, 3.63) is 77.9 Å². The van der Waals surface area contributed by atoms with Gasteiger partial charge in [0, 0.05) is 11.3 Å². The lowest BCUT2D eigenvalue weighted by atomic mass is 10.1. The summed E-state index contributed by atoms with van der Waals surface area (Å²) in [6, 6.07) is 9.13. The fourth-order valence-corrected chi connectivity index (χ4v) is 2.38. The van der Waals surface area contributed by atoms with E-state index in [4.69, 9.17) is 9.47 Å². The van der Waals surface area contributed by atoms with Crippen LogP contribution in [0.25, 0.3) is 5.69 Å². The van der Waals surface area contributed by atoms with Crippen LogP contribution >= 0.6 is 0 Å². The molecule has 0 unspecified atom stereocenters. The minimum absolute atomic E-state index is 0.00624. The molecule has 27 heavy (non-hydrogen) atoms. The Morgan fingerprint density at radius 1 is 1.11 bits per heavy atom. The van der Waals surface area contributed by atoms with Crippen molar-refractivity contribution in [1.29, 1.82) is 0 Å². The van der Waals surface area contributed by atoms with E-state index >= 15 is 0 Å². The van der Waals surface area contributed by atoms with Crippen LogP contribution in [0.2, 0.25) is 0 Å². The monoisotopic (exact) mass is 372 g/mol. The number of nitrogens with zero attached hydrogens (tertiary/aromatic N) is 2. The Morgan fingerprint density at radius 2 is 1.85 bits per heavy atom. The smallest absolute Gasteiger partial charge is 0.357 e. The fourth-order valence-electron chi connectivity index (χ4n) is 2.38. The van der Waals surface area contributed by atoms with E-state index in [1.165, 1.54) is 60.6 Å². The Hall–Kier alpha value is -3.55. The third kappa shape index (κ3) is 4.00. The lowest BCUT2D eigenvalue weighted by molar-refractivity contribution is 0.0466. The van der Waals surface area contributed by atoms with Crippen LogP contribution in [-0.4, -0.2) is 35.0 Å². The highest BCUT2D eigenvalue weighted by molar-refractivity contribution is 5.99. The van der Waals surface area contributed by atoms with Crippen molar-refractivity contribution >= 4 is 11.8 Å². The van der Waals surface area contributed by atoms with E-state index in [0.717, 1.165) is 6.07 Å². The van der Waals surface area contributed by atoms with Crippen LogP contribution < -0.4 is 4.74 Å². The van der Waals surface area contributed by atoms with Gasteiger partial charge in [0.15, 0.2) is 29.7 Å². The second kappa shape index (κ2) is 7.77. The molecule has 0 fully saturated rings. The first kappa shape index (κ1) is 18.2. The SMILES string of the molecule is COc1ccc(C(=O)COC(=O)c2cncn2-c2ccc(F)cc2)cc1F. The Morgan fingerprint density at radius 3 is 2.52 bits per heavy atom. The molecule has 6 nitrogen and oxygen atoms in total. The standard InChI is InChI=1S/C19H14F2N2O4/c1-26-18-7-2-12(8-15(18)21)17(24)10-27-19(25)16-9-22-11-23(16)14-5-3-13(20)4-6-14/h2-9,11H,10H2,1H3. The summed E-state index contributed by atoms with van der Waals surface area (Å²) in [6.07, 6.45) is 2.63. The molecule has 0 radical (unpaired) electrons. The van der Waals surface area contributed by atoms with Gasteiger partial charge < -0.3 is 9.47 Å². The summed E-state index contributed by atoms with van der Waals surface area (Å²) in [7, 11) is 1.31. The number of carbonyl (C=O) groups excluding carboxylic acids is 2. The number of rotatable bonds is 6. The highest BCUT2D eigenvalue weighted by Gasteiger charge is 2.17. The van der Waals surface area contributed by atoms with E-state index in [1.807, 2.05) is 0 Å². The number of aromatic nitrogens is 2. The van der Waals surface area contributed by atoms with Gasteiger partial charge in [0.25, 0.3) is 0 Å². The van der Waals surface area contributed by atoms with Crippen LogP contribution in [0, 0.1) is 11.6 Å². The van der Waals surface area contributed by atoms with Crippen LogP contribution in [0.5, 0.6) is 5.75 Å². The van der Waals surface area contributed by atoms with Crippen molar-refractivity contribution in [2.24, 2.45) is 0 Å². The van der Waals surface area contributed by atoms with Gasteiger partial charge in [-0.25, -0.2) is 18.6 Å². The number of carbonyl (C=O) groups is 2. The zero-order chi connectivity index (χ0) is 19.4. The Labute approximate surface area is 153 Å². The number of Topliss-reactive ketones (excluding diaryl/α,β-unsaturated/α-hetero) is 1. The molecule has 3 aromatic rings. The molecule has 0 aliphatic carbocycles. The van der Waals surface area contributed by atoms with Gasteiger partial charge >= 0.3 is 5.97 Å². The highest BCUT2D eigenvalue weighted by Crippen LogP contribution is 2.18. The quantitative estimate of drug-likeness (QED) is 0.491. The normalized spacial score (nSPS) is 10.5. The maximum Gasteiger partial charge on any atom is 0.357 e. The van der Waals surface area contributed by atoms with Crippen molar-refractivity contribution < 1.29 is 27.8 Å². The summed E-state index contributed by atoms with van der Waals surface area (Å²) < 4.78 is 37.9. The molecule has 0 atom stereocenters. The molecule has 0 aliphatic heterocycles. The van der Waals surface area contributed by atoms with E-state index in [2.05, 4.69) is 4.98 Å². The number of benzene rings is 2. The van der Waals surface area contributed by atoms with Crippen molar-refractivity contribution in [3.63, 3.8) is 0 Å². The van der Waals surface area contributed by atoms with Gasteiger partial charge in [-0.3, -0.25) is 9.36 Å². The van der Waals surface area contributed by atoms with Crippen LogP contribution in [0.3, 0.4) is 0 Å². The maximum absolute atomic E-state index is 13.7. The van der Waals surface area contributed by atoms with Crippen LogP contribution in [0.4, 0.5) is 8.78 Å². The van der Waals surface area contributed by atoms with Gasteiger partial charge in [0.1, 0.15) is 5.82 Å². The largest absolute Gasteiger partial charge is 0.494 e. The Kier molecular flexibility index (Phi) is 5.25. The van der Waals surface area contributed by atoms with Crippen LogP contribution in [0.15, 0.2) is 55.0 Å². The molecule has 8 heteroatoms.